The lowest BCUT2D eigenvalue weighted by Crippen LogP contribution is -1.95. The summed E-state index contributed by atoms with van der Waals surface area (Å²) in [7, 11) is 0. The van der Waals surface area contributed by atoms with E-state index in [9.17, 15) is 4.39 Å². The number of hydrogen-bond acceptors (Lipinski definition) is 3. The van der Waals surface area contributed by atoms with E-state index in [1.165, 1.54) is 6.20 Å². The standard InChI is InChI=1S/C7H7FN2O/c1-5-2-3-9-7(8)6(5)4-10-11/h2-4,11H,1H3. The Morgan fingerprint density at radius 3 is 3.00 bits per heavy atom. The van der Waals surface area contributed by atoms with Gasteiger partial charge in [-0.2, -0.15) is 4.39 Å². The summed E-state index contributed by atoms with van der Waals surface area (Å²) in [5, 5.41) is 10.9. The molecule has 0 unspecified atom stereocenters. The topological polar surface area (TPSA) is 45.5 Å². The van der Waals surface area contributed by atoms with E-state index in [0.717, 1.165) is 6.21 Å². The molecule has 4 heteroatoms. The van der Waals surface area contributed by atoms with Crippen LogP contribution in [0.1, 0.15) is 11.1 Å². The molecule has 0 saturated carbocycles. The quantitative estimate of drug-likeness (QED) is 0.287. The first-order valence-corrected chi connectivity index (χ1v) is 3.04. The van der Waals surface area contributed by atoms with E-state index in [0.29, 0.717) is 5.56 Å². The van der Waals surface area contributed by atoms with E-state index >= 15 is 0 Å². The van der Waals surface area contributed by atoms with Crippen LogP contribution in [-0.2, 0) is 0 Å². The largest absolute Gasteiger partial charge is 0.411 e. The Kier molecular flexibility index (Phi) is 2.15. The molecule has 0 saturated heterocycles. The van der Waals surface area contributed by atoms with Gasteiger partial charge in [0.25, 0.3) is 0 Å². The number of pyridine rings is 1. The van der Waals surface area contributed by atoms with Crippen molar-refractivity contribution in [3.8, 4) is 0 Å². The maximum atomic E-state index is 12.7. The van der Waals surface area contributed by atoms with Gasteiger partial charge >= 0.3 is 0 Å². The zero-order valence-corrected chi connectivity index (χ0v) is 5.95. The van der Waals surface area contributed by atoms with Crippen molar-refractivity contribution in [2.75, 3.05) is 0 Å². The van der Waals surface area contributed by atoms with Gasteiger partial charge < -0.3 is 5.21 Å². The molecular weight excluding hydrogens is 147 g/mol. The molecule has 0 atom stereocenters. The number of oxime groups is 1. The number of aromatic nitrogens is 1. The molecule has 0 aliphatic carbocycles. The van der Waals surface area contributed by atoms with Crippen LogP contribution in [0.4, 0.5) is 4.39 Å². The average Bonchev–Trinajstić information content (AvgIpc) is 1.97. The van der Waals surface area contributed by atoms with Gasteiger partial charge in [0.15, 0.2) is 0 Å². The molecule has 58 valence electrons. The van der Waals surface area contributed by atoms with Gasteiger partial charge in [0.05, 0.1) is 11.8 Å². The smallest absolute Gasteiger partial charge is 0.222 e. The number of aryl methyl sites for hydroxylation is 1. The normalized spacial score (nSPS) is 10.7. The van der Waals surface area contributed by atoms with Gasteiger partial charge in [0, 0.05) is 6.20 Å². The minimum Gasteiger partial charge on any atom is -0.411 e. The summed E-state index contributed by atoms with van der Waals surface area (Å²) in [5.41, 5.74) is 0.908. The second-order valence-corrected chi connectivity index (χ2v) is 2.08. The molecule has 1 aromatic heterocycles. The van der Waals surface area contributed by atoms with E-state index in [4.69, 9.17) is 5.21 Å². The molecule has 0 fully saturated rings. The van der Waals surface area contributed by atoms with Crippen LogP contribution < -0.4 is 0 Å². The zero-order valence-electron chi connectivity index (χ0n) is 5.95. The predicted molar refractivity (Wildman–Crippen MR) is 38.3 cm³/mol. The van der Waals surface area contributed by atoms with Gasteiger partial charge in [-0.3, -0.25) is 0 Å². The van der Waals surface area contributed by atoms with Crippen molar-refractivity contribution in [3.05, 3.63) is 29.3 Å². The first kappa shape index (κ1) is 7.65. The lowest BCUT2D eigenvalue weighted by molar-refractivity contribution is 0.321. The fraction of sp³-hybridized carbons (Fsp3) is 0.143. The SMILES string of the molecule is Cc1ccnc(F)c1C=NO. The molecule has 11 heavy (non-hydrogen) atoms. The third-order valence-electron chi connectivity index (χ3n) is 1.35. The molecule has 1 rings (SSSR count). The monoisotopic (exact) mass is 154 g/mol. The Labute approximate surface area is 63.2 Å². The summed E-state index contributed by atoms with van der Waals surface area (Å²) in [5.74, 6) is -0.622. The minimum absolute atomic E-state index is 0.218. The van der Waals surface area contributed by atoms with E-state index in [1.807, 2.05) is 0 Å². The van der Waals surface area contributed by atoms with Gasteiger partial charge in [-0.15, -0.1) is 0 Å². The van der Waals surface area contributed by atoms with Crippen molar-refractivity contribution in [2.45, 2.75) is 6.92 Å². The molecule has 0 radical (unpaired) electrons. The first-order valence-electron chi connectivity index (χ1n) is 3.04. The molecule has 0 amide bonds. The van der Waals surface area contributed by atoms with Crippen LogP contribution in [0.25, 0.3) is 0 Å². The van der Waals surface area contributed by atoms with E-state index in [2.05, 4.69) is 10.1 Å². The van der Waals surface area contributed by atoms with Crippen LogP contribution in [-0.4, -0.2) is 16.4 Å². The fourth-order valence-corrected chi connectivity index (χ4v) is 0.749. The molecular formula is C7H7FN2O. The van der Waals surface area contributed by atoms with Gasteiger partial charge in [-0.25, -0.2) is 4.98 Å². The maximum absolute atomic E-state index is 12.7. The van der Waals surface area contributed by atoms with Crippen molar-refractivity contribution >= 4 is 6.21 Å². The Morgan fingerprint density at radius 1 is 1.73 bits per heavy atom. The summed E-state index contributed by atoms with van der Waals surface area (Å²) < 4.78 is 12.7. The molecule has 0 aliphatic heterocycles. The van der Waals surface area contributed by atoms with E-state index in [1.54, 1.807) is 13.0 Å². The van der Waals surface area contributed by atoms with Crippen LogP contribution in [0.5, 0.6) is 0 Å². The third kappa shape index (κ3) is 1.52. The fourth-order valence-electron chi connectivity index (χ4n) is 0.749. The van der Waals surface area contributed by atoms with Gasteiger partial charge in [0.2, 0.25) is 5.95 Å². The van der Waals surface area contributed by atoms with Crippen LogP contribution >= 0.6 is 0 Å². The molecule has 1 aromatic rings. The molecule has 1 heterocycles. The molecule has 0 aliphatic rings. The summed E-state index contributed by atoms with van der Waals surface area (Å²) >= 11 is 0. The summed E-state index contributed by atoms with van der Waals surface area (Å²) in [6.45, 7) is 1.71. The molecule has 1 N–H and O–H groups in total. The Balaban J connectivity index is 3.20. The predicted octanol–water partition coefficient (Wildman–Crippen LogP) is 1.34. The van der Waals surface area contributed by atoms with E-state index in [-0.39, 0.29) is 5.56 Å². The second-order valence-electron chi connectivity index (χ2n) is 2.08. The summed E-state index contributed by atoms with van der Waals surface area (Å²) in [6.07, 6.45) is 2.39. The maximum Gasteiger partial charge on any atom is 0.222 e. The van der Waals surface area contributed by atoms with Crippen LogP contribution in [0.3, 0.4) is 0 Å². The molecule has 0 bridgehead atoms. The van der Waals surface area contributed by atoms with Crippen LogP contribution in [0, 0.1) is 12.9 Å². The Morgan fingerprint density at radius 2 is 2.45 bits per heavy atom. The first-order chi connectivity index (χ1) is 5.25. The minimum atomic E-state index is -0.622. The molecule has 0 aromatic carbocycles. The zero-order chi connectivity index (χ0) is 8.27. The van der Waals surface area contributed by atoms with Gasteiger partial charge in [-0.05, 0) is 18.6 Å². The number of hydrogen-bond donors (Lipinski definition) is 1. The van der Waals surface area contributed by atoms with Crippen molar-refractivity contribution < 1.29 is 9.60 Å². The second kappa shape index (κ2) is 3.09. The van der Waals surface area contributed by atoms with Crippen molar-refractivity contribution in [1.82, 2.24) is 4.98 Å². The highest BCUT2D eigenvalue weighted by Gasteiger charge is 2.02. The van der Waals surface area contributed by atoms with Crippen LogP contribution in [0.15, 0.2) is 17.4 Å². The molecule has 3 nitrogen and oxygen atoms in total. The average molecular weight is 154 g/mol. The van der Waals surface area contributed by atoms with Crippen molar-refractivity contribution in [2.24, 2.45) is 5.16 Å². The van der Waals surface area contributed by atoms with Crippen molar-refractivity contribution in [1.29, 1.82) is 0 Å². The summed E-state index contributed by atoms with van der Waals surface area (Å²) in [4.78, 5) is 3.39. The summed E-state index contributed by atoms with van der Waals surface area (Å²) in [6, 6.07) is 1.64. The lowest BCUT2D eigenvalue weighted by Gasteiger charge is -1.97. The van der Waals surface area contributed by atoms with Gasteiger partial charge in [0.1, 0.15) is 0 Å². The number of rotatable bonds is 1. The highest BCUT2D eigenvalue weighted by atomic mass is 19.1. The Bertz CT molecular complexity index is 266. The lowest BCUT2D eigenvalue weighted by atomic mass is 10.2. The number of nitrogens with zero attached hydrogens (tertiary/aromatic N) is 2. The Hall–Kier alpha value is -1.45. The van der Waals surface area contributed by atoms with E-state index < -0.39 is 5.95 Å². The highest BCUT2D eigenvalue weighted by Crippen LogP contribution is 2.06. The van der Waals surface area contributed by atoms with Gasteiger partial charge in [-0.1, -0.05) is 5.16 Å². The third-order valence-corrected chi connectivity index (χ3v) is 1.35. The molecule has 0 spiro atoms. The van der Waals surface area contributed by atoms with Crippen molar-refractivity contribution in [3.63, 3.8) is 0 Å². The number of halogens is 1. The highest BCUT2D eigenvalue weighted by molar-refractivity contribution is 5.80. The van der Waals surface area contributed by atoms with Crippen LogP contribution in [0.2, 0.25) is 0 Å².